The molecule has 0 aliphatic rings. The molecule has 0 unspecified atom stereocenters. The van der Waals surface area contributed by atoms with Crippen molar-refractivity contribution in [3.8, 4) is 46.0 Å². The number of benzene rings is 6. The molecular formula is C64H94O8. The second kappa shape index (κ2) is 31.1. The average Bonchev–Trinajstić information content (AvgIpc) is 3.39. The lowest BCUT2D eigenvalue weighted by molar-refractivity contribution is 0.260. The van der Waals surface area contributed by atoms with Crippen LogP contribution in [-0.2, 0) is 0 Å². The lowest BCUT2D eigenvalue weighted by Crippen LogP contribution is -2.07. The van der Waals surface area contributed by atoms with Crippen LogP contribution in [0.1, 0.15) is 209 Å². The number of rotatable bonds is 40. The molecule has 6 rings (SSSR count). The third-order valence-electron chi connectivity index (χ3n) is 14.0. The maximum atomic E-state index is 7.16. The zero-order valence-electron chi connectivity index (χ0n) is 46.4. The molecule has 6 aromatic carbocycles. The fourth-order valence-electron chi connectivity index (χ4n) is 9.93. The Morgan fingerprint density at radius 1 is 0.208 bits per heavy atom. The highest BCUT2D eigenvalue weighted by Crippen LogP contribution is 2.57. The fourth-order valence-corrected chi connectivity index (χ4v) is 9.93. The van der Waals surface area contributed by atoms with Gasteiger partial charge in [0.25, 0.3) is 0 Å². The Kier molecular flexibility index (Phi) is 24.4. The monoisotopic (exact) mass is 991 g/mol. The van der Waals surface area contributed by atoms with E-state index in [1.165, 1.54) is 0 Å². The zero-order chi connectivity index (χ0) is 50.9. The van der Waals surface area contributed by atoms with Gasteiger partial charge in [0.05, 0.1) is 52.9 Å². The highest BCUT2D eigenvalue weighted by atomic mass is 16.5. The van der Waals surface area contributed by atoms with Crippen molar-refractivity contribution in [3.63, 3.8) is 0 Å². The van der Waals surface area contributed by atoms with Gasteiger partial charge in [-0.2, -0.15) is 0 Å². The SMILES string of the molecule is CCCCCOc1cc2c(cc1OCCCCC)c1c(OCCCCC)c(OCCCCC)cc3c4cc(OCCCCC)c(OCCCCC)cc4c4c(OCCCCC)c(OCCCCC)cc2c4c31. The van der Waals surface area contributed by atoms with Crippen LogP contribution in [-0.4, -0.2) is 52.9 Å². The van der Waals surface area contributed by atoms with Crippen molar-refractivity contribution < 1.29 is 37.9 Å². The summed E-state index contributed by atoms with van der Waals surface area (Å²) in [6.07, 6.45) is 25.4. The fraction of sp³-hybridized carbons (Fsp3) is 0.625. The molecule has 0 atom stereocenters. The molecule has 0 saturated heterocycles. The lowest BCUT2D eigenvalue weighted by Gasteiger charge is -2.26. The Labute approximate surface area is 434 Å². The minimum Gasteiger partial charge on any atom is -0.490 e. The van der Waals surface area contributed by atoms with E-state index < -0.39 is 0 Å². The summed E-state index contributed by atoms with van der Waals surface area (Å²) >= 11 is 0. The molecule has 0 fully saturated rings. The van der Waals surface area contributed by atoms with Gasteiger partial charge in [-0.15, -0.1) is 0 Å². The van der Waals surface area contributed by atoms with Crippen molar-refractivity contribution in [3.05, 3.63) is 36.4 Å². The predicted octanol–water partition coefficient (Wildman–Crippen LogP) is 19.4. The van der Waals surface area contributed by atoms with Crippen LogP contribution in [0.5, 0.6) is 46.0 Å². The summed E-state index contributed by atoms with van der Waals surface area (Å²) in [5, 5.41) is 10.7. The first kappa shape index (κ1) is 56.6. The first-order valence-electron chi connectivity index (χ1n) is 29.3. The standard InChI is InChI=1S/C64H94O8/c1-9-17-25-33-65-53-41-47-49-45-57(69-37-29-21-13-5)64(72-40-32-24-16-8)62-52-44-56(68-36-28-20-12-4)54(66-34-26-18-10-2)42-48(52)50-46-58(70-38-30-22-14-6)63(71-39-31-23-15-7)61(60(50)59(49)62)51(47)43-55(53)67-35-27-19-11-3/h41-46H,9-40H2,1-8H3. The molecule has 6 aromatic rings. The van der Waals surface area contributed by atoms with Crippen LogP contribution < -0.4 is 37.9 Å². The molecule has 72 heavy (non-hydrogen) atoms. The van der Waals surface area contributed by atoms with Gasteiger partial charge in [-0.25, -0.2) is 0 Å². The van der Waals surface area contributed by atoms with Gasteiger partial charge < -0.3 is 37.9 Å². The van der Waals surface area contributed by atoms with Gasteiger partial charge in [-0.3, -0.25) is 0 Å². The zero-order valence-corrected chi connectivity index (χ0v) is 46.4. The van der Waals surface area contributed by atoms with Gasteiger partial charge in [0.15, 0.2) is 46.0 Å². The summed E-state index contributed by atoms with van der Waals surface area (Å²) in [5.41, 5.74) is 0. The molecule has 0 aliphatic carbocycles. The Balaban J connectivity index is 1.84. The van der Waals surface area contributed by atoms with E-state index in [4.69, 9.17) is 37.9 Å². The topological polar surface area (TPSA) is 73.8 Å². The minimum atomic E-state index is 0.584. The number of hydrogen-bond donors (Lipinski definition) is 0. The number of hydrogen-bond acceptors (Lipinski definition) is 8. The average molecular weight is 991 g/mol. The van der Waals surface area contributed by atoms with Gasteiger partial charge in [-0.05, 0) is 120 Å². The van der Waals surface area contributed by atoms with Crippen LogP contribution in [0, 0.1) is 0 Å². The predicted molar refractivity (Wildman–Crippen MR) is 305 cm³/mol. The molecule has 0 N–H and O–H groups in total. The van der Waals surface area contributed by atoms with Gasteiger partial charge in [0.2, 0.25) is 0 Å². The van der Waals surface area contributed by atoms with E-state index in [-0.39, 0.29) is 0 Å². The Morgan fingerprint density at radius 2 is 0.403 bits per heavy atom. The lowest BCUT2D eigenvalue weighted by atomic mass is 9.84. The molecule has 398 valence electrons. The van der Waals surface area contributed by atoms with E-state index in [0.717, 1.165) is 254 Å². The summed E-state index contributed by atoms with van der Waals surface area (Å²) in [6, 6.07) is 13.5. The maximum absolute atomic E-state index is 7.16. The third-order valence-corrected chi connectivity index (χ3v) is 14.0. The van der Waals surface area contributed by atoms with Crippen LogP contribution >= 0.6 is 0 Å². The van der Waals surface area contributed by atoms with Crippen LogP contribution in [0.4, 0.5) is 0 Å². The summed E-state index contributed by atoms with van der Waals surface area (Å²) in [5.74, 6) is 6.17. The number of unbranched alkanes of at least 4 members (excludes halogenated alkanes) is 16. The summed E-state index contributed by atoms with van der Waals surface area (Å²) < 4.78 is 55.5. The van der Waals surface area contributed by atoms with E-state index in [9.17, 15) is 0 Å². The second-order valence-corrected chi connectivity index (χ2v) is 20.1. The molecule has 0 heterocycles. The molecule has 0 saturated carbocycles. The molecule has 0 bridgehead atoms. The third kappa shape index (κ3) is 14.7. The van der Waals surface area contributed by atoms with Gasteiger partial charge in [0.1, 0.15) is 0 Å². The molecule has 0 radical (unpaired) electrons. The summed E-state index contributed by atoms with van der Waals surface area (Å²) in [7, 11) is 0. The minimum absolute atomic E-state index is 0.584. The Bertz CT molecular complexity index is 2340. The first-order valence-corrected chi connectivity index (χ1v) is 29.3. The largest absolute Gasteiger partial charge is 0.490 e. The van der Waals surface area contributed by atoms with Crippen molar-refractivity contribution in [2.24, 2.45) is 0 Å². The van der Waals surface area contributed by atoms with Crippen LogP contribution in [0.3, 0.4) is 0 Å². The van der Waals surface area contributed by atoms with Crippen molar-refractivity contribution in [2.75, 3.05) is 52.9 Å². The van der Waals surface area contributed by atoms with E-state index >= 15 is 0 Å². The maximum Gasteiger partial charge on any atom is 0.169 e. The molecule has 8 nitrogen and oxygen atoms in total. The Morgan fingerprint density at radius 3 is 0.653 bits per heavy atom. The number of ether oxygens (including phenoxy) is 8. The highest BCUT2D eigenvalue weighted by molar-refractivity contribution is 6.42. The molecule has 0 amide bonds. The smallest absolute Gasteiger partial charge is 0.169 e. The summed E-state index contributed by atoms with van der Waals surface area (Å²) in [6.45, 7) is 22.7. The quantitative estimate of drug-likeness (QED) is 0.0214. The highest BCUT2D eigenvalue weighted by Gasteiger charge is 2.29. The first-order chi connectivity index (χ1) is 35.5. The van der Waals surface area contributed by atoms with Crippen molar-refractivity contribution in [1.82, 2.24) is 0 Å². The van der Waals surface area contributed by atoms with E-state index in [2.05, 4.69) is 91.8 Å². The van der Waals surface area contributed by atoms with Crippen LogP contribution in [0.25, 0.3) is 53.9 Å². The van der Waals surface area contributed by atoms with Crippen LogP contribution in [0.2, 0.25) is 0 Å². The van der Waals surface area contributed by atoms with E-state index in [1.807, 2.05) is 0 Å². The normalized spacial score (nSPS) is 11.7. The molecule has 0 spiro atoms. The van der Waals surface area contributed by atoms with E-state index in [0.29, 0.717) is 52.9 Å². The van der Waals surface area contributed by atoms with Crippen molar-refractivity contribution in [2.45, 2.75) is 209 Å². The second-order valence-electron chi connectivity index (χ2n) is 20.1. The van der Waals surface area contributed by atoms with Gasteiger partial charge in [-0.1, -0.05) is 158 Å². The van der Waals surface area contributed by atoms with Crippen LogP contribution in [0.15, 0.2) is 36.4 Å². The molecular weight excluding hydrogens is 897 g/mol. The molecule has 0 aromatic heterocycles. The molecule has 8 heteroatoms. The van der Waals surface area contributed by atoms with E-state index in [1.54, 1.807) is 0 Å². The van der Waals surface area contributed by atoms with Crippen molar-refractivity contribution in [1.29, 1.82) is 0 Å². The molecule has 0 aliphatic heterocycles. The van der Waals surface area contributed by atoms with Gasteiger partial charge in [0, 0.05) is 21.5 Å². The van der Waals surface area contributed by atoms with Gasteiger partial charge >= 0.3 is 0 Å². The number of fused-ring (bicyclic) bond motifs is 6. The Hall–Kier alpha value is -4.72. The summed E-state index contributed by atoms with van der Waals surface area (Å²) in [4.78, 5) is 0. The van der Waals surface area contributed by atoms with Crippen molar-refractivity contribution >= 4 is 53.9 Å².